The molecule has 0 fully saturated rings. The summed E-state index contributed by atoms with van der Waals surface area (Å²) in [6.07, 6.45) is 1.06. The van der Waals surface area contributed by atoms with Crippen LogP contribution in [0.2, 0.25) is 10.0 Å². The van der Waals surface area contributed by atoms with Gasteiger partial charge in [0.1, 0.15) is 12.6 Å². The van der Waals surface area contributed by atoms with Crippen LogP contribution < -0.4 is 9.62 Å². The van der Waals surface area contributed by atoms with Gasteiger partial charge in [0, 0.05) is 23.1 Å². The van der Waals surface area contributed by atoms with Gasteiger partial charge in [-0.25, -0.2) is 8.42 Å². The molecule has 0 unspecified atom stereocenters. The number of sulfonamides is 1. The third kappa shape index (κ3) is 7.85. The number of nitrogens with zero attached hydrogens (tertiary/aromatic N) is 2. The third-order valence-electron chi connectivity index (χ3n) is 5.58. The highest BCUT2D eigenvalue weighted by Crippen LogP contribution is 2.28. The van der Waals surface area contributed by atoms with Gasteiger partial charge in [-0.05, 0) is 55.5 Å². The quantitative estimate of drug-likeness (QED) is 0.477. The van der Waals surface area contributed by atoms with Gasteiger partial charge >= 0.3 is 0 Å². The Kier molecular flexibility index (Phi) is 10.0. The summed E-state index contributed by atoms with van der Waals surface area (Å²) in [5.41, 5.74) is 2.48. The number of carbonyl (C=O) groups excluding carboxylic acids is 2. The molecular formula is C25H33Cl2N3O4S. The number of rotatable bonds is 10. The van der Waals surface area contributed by atoms with Crippen LogP contribution in [0.5, 0.6) is 0 Å². The lowest BCUT2D eigenvalue weighted by Gasteiger charge is -2.32. The first-order valence-corrected chi connectivity index (χ1v) is 13.9. The molecule has 2 aromatic carbocycles. The van der Waals surface area contributed by atoms with Gasteiger partial charge < -0.3 is 10.2 Å². The third-order valence-corrected chi connectivity index (χ3v) is 7.28. The first-order valence-electron chi connectivity index (χ1n) is 11.3. The molecule has 0 radical (unpaired) electrons. The predicted molar refractivity (Wildman–Crippen MR) is 142 cm³/mol. The Morgan fingerprint density at radius 3 is 2.14 bits per heavy atom. The van der Waals surface area contributed by atoms with E-state index in [1.807, 2.05) is 19.9 Å². The van der Waals surface area contributed by atoms with Crippen LogP contribution in [0.15, 0.2) is 36.4 Å². The number of carbonyl (C=O) groups is 2. The molecule has 0 aliphatic carbocycles. The van der Waals surface area contributed by atoms with Gasteiger partial charge in [-0.1, -0.05) is 61.3 Å². The van der Waals surface area contributed by atoms with Crippen molar-refractivity contribution in [1.82, 2.24) is 10.2 Å². The fourth-order valence-electron chi connectivity index (χ4n) is 3.64. The van der Waals surface area contributed by atoms with Crippen LogP contribution in [0.25, 0.3) is 0 Å². The Morgan fingerprint density at radius 2 is 1.63 bits per heavy atom. The zero-order valence-electron chi connectivity index (χ0n) is 20.9. The van der Waals surface area contributed by atoms with E-state index >= 15 is 0 Å². The molecule has 1 N–H and O–H groups in total. The highest BCUT2D eigenvalue weighted by molar-refractivity contribution is 7.92. The summed E-state index contributed by atoms with van der Waals surface area (Å²) < 4.78 is 26.6. The molecule has 2 rings (SSSR count). The Morgan fingerprint density at radius 1 is 1.03 bits per heavy atom. The lowest BCUT2D eigenvalue weighted by molar-refractivity contribution is -0.139. The molecule has 0 aromatic heterocycles. The SMILES string of the molecule is Cc1cccc(C)c1N(CC(=O)N(Cc1ccc(Cl)cc1Cl)[C@@H](C)C(=O)NCC(C)C)S(C)(=O)=O. The lowest BCUT2D eigenvalue weighted by atomic mass is 10.1. The molecule has 0 aliphatic rings. The van der Waals surface area contributed by atoms with Crippen molar-refractivity contribution in [2.75, 3.05) is 23.7 Å². The van der Waals surface area contributed by atoms with E-state index < -0.39 is 28.5 Å². The summed E-state index contributed by atoms with van der Waals surface area (Å²) in [4.78, 5) is 27.9. The van der Waals surface area contributed by atoms with Gasteiger partial charge in [0.25, 0.3) is 0 Å². The molecular weight excluding hydrogens is 509 g/mol. The van der Waals surface area contributed by atoms with Crippen LogP contribution >= 0.6 is 23.2 Å². The van der Waals surface area contributed by atoms with E-state index in [0.29, 0.717) is 27.8 Å². The molecule has 0 bridgehead atoms. The summed E-state index contributed by atoms with van der Waals surface area (Å²) in [6.45, 7) is 9.13. The molecule has 2 amide bonds. The van der Waals surface area contributed by atoms with Gasteiger partial charge in [0.15, 0.2) is 0 Å². The number of nitrogens with one attached hydrogen (secondary N) is 1. The highest BCUT2D eigenvalue weighted by atomic mass is 35.5. The number of hydrogen-bond acceptors (Lipinski definition) is 4. The van der Waals surface area contributed by atoms with E-state index in [2.05, 4.69) is 5.32 Å². The Bertz CT molecular complexity index is 1160. The molecule has 2 aromatic rings. The fourth-order valence-corrected chi connectivity index (χ4v) is 5.08. The van der Waals surface area contributed by atoms with E-state index in [1.54, 1.807) is 51.1 Å². The van der Waals surface area contributed by atoms with E-state index in [0.717, 1.165) is 21.7 Å². The average molecular weight is 543 g/mol. The normalized spacial score (nSPS) is 12.4. The van der Waals surface area contributed by atoms with E-state index in [1.165, 1.54) is 4.90 Å². The second kappa shape index (κ2) is 12.1. The van der Waals surface area contributed by atoms with E-state index in [-0.39, 0.29) is 18.4 Å². The molecule has 0 aliphatic heterocycles. The maximum absolute atomic E-state index is 13.6. The van der Waals surface area contributed by atoms with E-state index in [9.17, 15) is 18.0 Å². The standard InChI is InChI=1S/C25H33Cl2N3O4S/c1-16(2)13-28-25(32)19(5)29(14-20-10-11-21(26)12-22(20)27)23(31)15-30(35(6,33)34)24-17(3)8-7-9-18(24)4/h7-12,16,19H,13-15H2,1-6H3,(H,28,32)/t19-/m0/s1. The number of aryl methyl sites for hydroxylation is 2. The second-order valence-electron chi connectivity index (χ2n) is 9.08. The smallest absolute Gasteiger partial charge is 0.244 e. The summed E-state index contributed by atoms with van der Waals surface area (Å²) in [6, 6.07) is 9.43. The van der Waals surface area contributed by atoms with Gasteiger partial charge in [0.05, 0.1) is 11.9 Å². The largest absolute Gasteiger partial charge is 0.354 e. The summed E-state index contributed by atoms with van der Waals surface area (Å²) >= 11 is 12.4. The summed E-state index contributed by atoms with van der Waals surface area (Å²) in [7, 11) is -3.80. The second-order valence-corrected chi connectivity index (χ2v) is 11.8. The molecule has 7 nitrogen and oxygen atoms in total. The number of hydrogen-bond donors (Lipinski definition) is 1. The Hall–Kier alpha value is -2.29. The van der Waals surface area contributed by atoms with Crippen LogP contribution in [0.3, 0.4) is 0 Å². The summed E-state index contributed by atoms with van der Waals surface area (Å²) in [5, 5.41) is 3.63. The minimum atomic E-state index is -3.80. The first kappa shape index (κ1) is 28.9. The average Bonchev–Trinajstić information content (AvgIpc) is 2.74. The van der Waals surface area contributed by atoms with Crippen LogP contribution in [0, 0.1) is 19.8 Å². The monoisotopic (exact) mass is 541 g/mol. The summed E-state index contributed by atoms with van der Waals surface area (Å²) in [5.74, 6) is -0.642. The lowest BCUT2D eigenvalue weighted by Crippen LogP contribution is -2.51. The molecule has 0 saturated carbocycles. The molecule has 10 heteroatoms. The van der Waals surface area contributed by atoms with Crippen molar-refractivity contribution in [2.24, 2.45) is 5.92 Å². The van der Waals surface area contributed by atoms with Crippen LogP contribution in [0.4, 0.5) is 5.69 Å². The van der Waals surface area contributed by atoms with Gasteiger partial charge in [-0.3, -0.25) is 13.9 Å². The highest BCUT2D eigenvalue weighted by Gasteiger charge is 2.31. The van der Waals surface area contributed by atoms with Crippen molar-refractivity contribution in [1.29, 1.82) is 0 Å². The van der Waals surface area contributed by atoms with Crippen molar-refractivity contribution in [3.8, 4) is 0 Å². The molecule has 0 heterocycles. The number of benzene rings is 2. The number of halogens is 2. The minimum Gasteiger partial charge on any atom is -0.354 e. The minimum absolute atomic E-state index is 0.00938. The van der Waals surface area contributed by atoms with Crippen LogP contribution in [-0.4, -0.2) is 50.5 Å². The van der Waals surface area contributed by atoms with Crippen molar-refractivity contribution >= 4 is 50.7 Å². The zero-order valence-corrected chi connectivity index (χ0v) is 23.3. The molecule has 192 valence electrons. The van der Waals surface area contributed by atoms with Crippen molar-refractivity contribution in [3.05, 3.63) is 63.1 Å². The van der Waals surface area contributed by atoms with Crippen molar-refractivity contribution in [2.45, 2.75) is 47.2 Å². The maximum atomic E-state index is 13.6. The number of para-hydroxylation sites is 1. The van der Waals surface area contributed by atoms with Crippen LogP contribution in [-0.2, 0) is 26.2 Å². The molecule has 0 spiro atoms. The number of anilines is 1. The molecule has 1 atom stereocenters. The number of amides is 2. The predicted octanol–water partition coefficient (Wildman–Crippen LogP) is 4.57. The Labute approximate surface area is 218 Å². The van der Waals surface area contributed by atoms with Gasteiger partial charge in [-0.15, -0.1) is 0 Å². The Balaban J connectivity index is 2.46. The first-order chi connectivity index (χ1) is 16.2. The fraction of sp³-hybridized carbons (Fsp3) is 0.440. The van der Waals surface area contributed by atoms with Crippen molar-refractivity contribution in [3.63, 3.8) is 0 Å². The zero-order chi connectivity index (χ0) is 26.5. The van der Waals surface area contributed by atoms with E-state index in [4.69, 9.17) is 23.2 Å². The van der Waals surface area contributed by atoms with Gasteiger partial charge in [-0.2, -0.15) is 0 Å². The van der Waals surface area contributed by atoms with Gasteiger partial charge in [0.2, 0.25) is 21.8 Å². The molecule has 0 saturated heterocycles. The maximum Gasteiger partial charge on any atom is 0.244 e. The van der Waals surface area contributed by atoms with Crippen LogP contribution in [0.1, 0.15) is 37.5 Å². The topological polar surface area (TPSA) is 86.8 Å². The molecule has 35 heavy (non-hydrogen) atoms. The van der Waals surface area contributed by atoms with Crippen molar-refractivity contribution < 1.29 is 18.0 Å².